The number of hydrogen-bond donors (Lipinski definition) is 1. The van der Waals surface area contributed by atoms with Crippen molar-refractivity contribution in [1.82, 2.24) is 5.32 Å². The monoisotopic (exact) mass is 241 g/mol. The van der Waals surface area contributed by atoms with Gasteiger partial charge in [0.15, 0.2) is 0 Å². The first-order valence-corrected chi connectivity index (χ1v) is 6.33. The fourth-order valence-corrected chi connectivity index (χ4v) is 1.73. The number of nitrogens with one attached hydrogen (secondary N) is 1. The van der Waals surface area contributed by atoms with Crippen molar-refractivity contribution in [2.45, 2.75) is 72.4 Å². The first-order valence-electron chi connectivity index (χ1n) is 6.33. The predicted molar refractivity (Wildman–Crippen MR) is 72.1 cm³/mol. The van der Waals surface area contributed by atoms with Gasteiger partial charge in [0.1, 0.15) is 5.60 Å². The van der Waals surface area contributed by atoms with E-state index in [0.29, 0.717) is 0 Å². The molecular weight excluding hydrogens is 214 g/mol. The first-order chi connectivity index (χ1) is 7.62. The van der Waals surface area contributed by atoms with Crippen LogP contribution in [0.1, 0.15) is 61.3 Å². The van der Waals surface area contributed by atoms with Gasteiger partial charge in [0.2, 0.25) is 0 Å². The van der Waals surface area contributed by atoms with Crippen LogP contribution in [0, 0.1) is 0 Å². The Kier molecular flexibility index (Phi) is 5.73. The topological polar surface area (TPSA) is 38.3 Å². The summed E-state index contributed by atoms with van der Waals surface area (Å²) in [5, 5.41) is 2.92. The van der Waals surface area contributed by atoms with Gasteiger partial charge in [0, 0.05) is 0 Å². The molecule has 17 heavy (non-hydrogen) atoms. The third kappa shape index (κ3) is 6.35. The Balaban J connectivity index is 4.64. The van der Waals surface area contributed by atoms with Crippen LogP contribution in [0.15, 0.2) is 11.6 Å². The maximum atomic E-state index is 11.7. The second-order valence-corrected chi connectivity index (χ2v) is 5.74. The molecule has 0 spiro atoms. The summed E-state index contributed by atoms with van der Waals surface area (Å²) in [5.74, 6) is 0. The molecule has 3 heteroatoms. The summed E-state index contributed by atoms with van der Waals surface area (Å²) in [6, 6.07) is 0. The second-order valence-electron chi connectivity index (χ2n) is 5.74. The highest BCUT2D eigenvalue weighted by Gasteiger charge is 2.26. The van der Waals surface area contributed by atoms with Gasteiger partial charge in [-0.1, -0.05) is 19.9 Å². The normalized spacial score (nSPS) is 13.5. The SMILES string of the molecule is CC/C=C(\CC)C(C)(C)NC(=O)OC(C)(C)C. The zero-order valence-electron chi connectivity index (χ0n) is 12.3. The number of carbonyl (C=O) groups is 1. The highest BCUT2D eigenvalue weighted by Crippen LogP contribution is 2.20. The Labute approximate surface area is 106 Å². The summed E-state index contributed by atoms with van der Waals surface area (Å²) in [6.07, 6.45) is 3.70. The van der Waals surface area contributed by atoms with Crippen molar-refractivity contribution in [2.24, 2.45) is 0 Å². The van der Waals surface area contributed by atoms with E-state index in [4.69, 9.17) is 4.74 Å². The molecule has 0 aromatic heterocycles. The van der Waals surface area contributed by atoms with Crippen molar-refractivity contribution in [2.75, 3.05) is 0 Å². The van der Waals surface area contributed by atoms with E-state index >= 15 is 0 Å². The minimum absolute atomic E-state index is 0.354. The average molecular weight is 241 g/mol. The van der Waals surface area contributed by atoms with Crippen molar-refractivity contribution in [3.05, 3.63) is 11.6 Å². The molecule has 3 nitrogen and oxygen atoms in total. The van der Waals surface area contributed by atoms with E-state index < -0.39 is 5.60 Å². The summed E-state index contributed by atoms with van der Waals surface area (Å²) in [6.45, 7) is 13.8. The Bertz CT molecular complexity index is 285. The minimum atomic E-state index is -0.457. The van der Waals surface area contributed by atoms with Crippen molar-refractivity contribution in [3.8, 4) is 0 Å². The van der Waals surface area contributed by atoms with Crippen LogP contribution in [0.2, 0.25) is 0 Å². The van der Waals surface area contributed by atoms with Gasteiger partial charge in [-0.2, -0.15) is 0 Å². The standard InChI is InChI=1S/C14H27NO2/c1-8-10-11(9-2)14(6,7)15-12(16)17-13(3,4)5/h10H,8-9H2,1-7H3,(H,15,16)/b11-10+. The van der Waals surface area contributed by atoms with Crippen molar-refractivity contribution in [1.29, 1.82) is 0 Å². The van der Waals surface area contributed by atoms with Crippen LogP contribution in [0.5, 0.6) is 0 Å². The predicted octanol–water partition coefficient (Wildman–Crippen LogP) is 4.04. The maximum Gasteiger partial charge on any atom is 0.408 e. The summed E-state index contributed by atoms with van der Waals surface area (Å²) < 4.78 is 5.27. The largest absolute Gasteiger partial charge is 0.444 e. The molecule has 0 aliphatic rings. The molecule has 0 aliphatic carbocycles. The van der Waals surface area contributed by atoms with E-state index in [1.807, 2.05) is 34.6 Å². The minimum Gasteiger partial charge on any atom is -0.444 e. The quantitative estimate of drug-likeness (QED) is 0.754. The number of hydrogen-bond acceptors (Lipinski definition) is 2. The van der Waals surface area contributed by atoms with E-state index in [1.54, 1.807) is 0 Å². The van der Waals surface area contributed by atoms with Gasteiger partial charge in [-0.3, -0.25) is 0 Å². The van der Waals surface area contributed by atoms with Crippen LogP contribution in [-0.2, 0) is 4.74 Å². The van der Waals surface area contributed by atoms with Crippen LogP contribution in [0.25, 0.3) is 0 Å². The molecule has 0 aromatic rings. The summed E-state index contributed by atoms with van der Waals surface area (Å²) in [5.41, 5.74) is 0.416. The number of alkyl carbamates (subject to hydrolysis) is 1. The molecule has 0 unspecified atom stereocenters. The molecule has 0 heterocycles. The molecule has 0 saturated carbocycles. The lowest BCUT2D eigenvalue weighted by molar-refractivity contribution is 0.0485. The third-order valence-electron chi connectivity index (χ3n) is 2.45. The Morgan fingerprint density at radius 3 is 2.06 bits per heavy atom. The second kappa shape index (κ2) is 6.08. The zero-order chi connectivity index (χ0) is 13.7. The fraction of sp³-hybridized carbons (Fsp3) is 0.786. The molecule has 1 amide bonds. The number of amides is 1. The Morgan fingerprint density at radius 2 is 1.71 bits per heavy atom. The molecule has 0 aliphatic heterocycles. The molecule has 0 atom stereocenters. The van der Waals surface area contributed by atoms with E-state index in [9.17, 15) is 4.79 Å². The van der Waals surface area contributed by atoms with Crippen LogP contribution in [0.4, 0.5) is 4.79 Å². The Hall–Kier alpha value is -0.990. The highest BCUT2D eigenvalue weighted by molar-refractivity contribution is 5.69. The lowest BCUT2D eigenvalue weighted by Crippen LogP contribution is -2.47. The highest BCUT2D eigenvalue weighted by atomic mass is 16.6. The number of allylic oxidation sites excluding steroid dienone is 1. The van der Waals surface area contributed by atoms with Crippen LogP contribution >= 0.6 is 0 Å². The molecule has 0 fully saturated rings. The van der Waals surface area contributed by atoms with Crippen molar-refractivity contribution >= 4 is 6.09 Å². The van der Waals surface area contributed by atoms with Gasteiger partial charge in [-0.25, -0.2) is 4.79 Å². The number of carbonyl (C=O) groups excluding carboxylic acids is 1. The Morgan fingerprint density at radius 1 is 1.18 bits per heavy atom. The van der Waals surface area contributed by atoms with E-state index in [0.717, 1.165) is 12.8 Å². The first kappa shape index (κ1) is 16.0. The van der Waals surface area contributed by atoms with Gasteiger partial charge in [-0.15, -0.1) is 0 Å². The van der Waals surface area contributed by atoms with Gasteiger partial charge in [0.25, 0.3) is 0 Å². The van der Waals surface area contributed by atoms with Gasteiger partial charge in [-0.05, 0) is 53.0 Å². The van der Waals surface area contributed by atoms with Gasteiger partial charge >= 0.3 is 6.09 Å². The summed E-state index contributed by atoms with van der Waals surface area (Å²) in [4.78, 5) is 11.7. The zero-order valence-corrected chi connectivity index (χ0v) is 12.3. The lowest BCUT2D eigenvalue weighted by Gasteiger charge is -2.30. The smallest absolute Gasteiger partial charge is 0.408 e. The molecule has 0 aromatic carbocycles. The average Bonchev–Trinajstić information content (AvgIpc) is 2.09. The molecule has 100 valence electrons. The molecule has 0 saturated heterocycles. The van der Waals surface area contributed by atoms with Crippen LogP contribution in [0.3, 0.4) is 0 Å². The van der Waals surface area contributed by atoms with Crippen LogP contribution in [-0.4, -0.2) is 17.2 Å². The molecule has 0 rings (SSSR count). The molecule has 0 bridgehead atoms. The lowest BCUT2D eigenvalue weighted by atomic mass is 9.91. The van der Waals surface area contributed by atoms with Crippen molar-refractivity contribution < 1.29 is 9.53 Å². The van der Waals surface area contributed by atoms with Gasteiger partial charge < -0.3 is 10.1 Å². The van der Waals surface area contributed by atoms with E-state index in [-0.39, 0.29) is 11.6 Å². The third-order valence-corrected chi connectivity index (χ3v) is 2.45. The molecular formula is C14H27NO2. The maximum absolute atomic E-state index is 11.7. The van der Waals surface area contributed by atoms with E-state index in [1.165, 1.54) is 5.57 Å². The fourth-order valence-electron chi connectivity index (χ4n) is 1.73. The van der Waals surface area contributed by atoms with E-state index in [2.05, 4.69) is 25.2 Å². The van der Waals surface area contributed by atoms with Crippen LogP contribution < -0.4 is 5.32 Å². The molecule has 1 N–H and O–H groups in total. The number of ether oxygens (including phenoxy) is 1. The molecule has 0 radical (unpaired) electrons. The van der Waals surface area contributed by atoms with Crippen molar-refractivity contribution in [3.63, 3.8) is 0 Å². The summed E-state index contributed by atoms with van der Waals surface area (Å²) in [7, 11) is 0. The van der Waals surface area contributed by atoms with Gasteiger partial charge in [0.05, 0.1) is 5.54 Å². The summed E-state index contributed by atoms with van der Waals surface area (Å²) >= 11 is 0. The number of rotatable bonds is 4.